The number of rotatable bonds is 3. The largest absolute Gasteiger partial charge is 0.426 e. The molecule has 0 aliphatic carbocycles. The summed E-state index contributed by atoms with van der Waals surface area (Å²) in [5.41, 5.74) is 0.589. The molecule has 0 N–H and O–H groups in total. The van der Waals surface area contributed by atoms with Gasteiger partial charge in [-0.3, -0.25) is 9.59 Å². The quantitative estimate of drug-likeness (QED) is 0.520. The summed E-state index contributed by atoms with van der Waals surface area (Å²) in [6.07, 6.45) is 1.11. The molecule has 2 aromatic rings. The van der Waals surface area contributed by atoms with Crippen LogP contribution in [0.1, 0.15) is 23.2 Å². The summed E-state index contributed by atoms with van der Waals surface area (Å²) in [7, 11) is 0. The van der Waals surface area contributed by atoms with Crippen molar-refractivity contribution >= 4 is 46.7 Å². The number of piperidine rings is 1. The first-order valence-electron chi connectivity index (χ1n) is 8.15. The summed E-state index contributed by atoms with van der Waals surface area (Å²) in [5.74, 6) is -0.261. The van der Waals surface area contributed by atoms with E-state index in [2.05, 4.69) is 0 Å². The molecule has 1 fully saturated rings. The van der Waals surface area contributed by atoms with Gasteiger partial charge in [-0.15, -0.1) is 0 Å². The van der Waals surface area contributed by atoms with E-state index >= 15 is 0 Å². The highest BCUT2D eigenvalue weighted by Gasteiger charge is 2.29. The first-order valence-corrected chi connectivity index (χ1v) is 9.29. The van der Waals surface area contributed by atoms with Crippen LogP contribution in [0.2, 0.25) is 15.1 Å². The minimum Gasteiger partial charge on any atom is -0.426 e. The van der Waals surface area contributed by atoms with Crippen LogP contribution in [0, 0.1) is 5.92 Å². The maximum Gasteiger partial charge on any atom is 0.314 e. The van der Waals surface area contributed by atoms with E-state index in [4.69, 9.17) is 39.5 Å². The van der Waals surface area contributed by atoms with Gasteiger partial charge in [-0.1, -0.05) is 34.8 Å². The number of carbonyl (C=O) groups is 2. The van der Waals surface area contributed by atoms with Gasteiger partial charge < -0.3 is 9.64 Å². The van der Waals surface area contributed by atoms with Crippen LogP contribution in [0.25, 0.3) is 0 Å². The van der Waals surface area contributed by atoms with E-state index in [9.17, 15) is 9.59 Å². The Morgan fingerprint density at radius 2 is 1.58 bits per heavy atom. The smallest absolute Gasteiger partial charge is 0.314 e. The molecule has 0 atom stereocenters. The van der Waals surface area contributed by atoms with Crippen LogP contribution in [0.3, 0.4) is 0 Å². The summed E-state index contributed by atoms with van der Waals surface area (Å²) in [6, 6.07) is 11.5. The molecule has 0 saturated carbocycles. The molecule has 1 aliphatic heterocycles. The lowest BCUT2D eigenvalue weighted by Gasteiger charge is -2.31. The van der Waals surface area contributed by atoms with Crippen LogP contribution in [0.4, 0.5) is 0 Å². The molecule has 2 aromatic carbocycles. The van der Waals surface area contributed by atoms with Crippen LogP contribution < -0.4 is 4.74 Å². The van der Waals surface area contributed by atoms with Crippen molar-refractivity contribution in [2.24, 2.45) is 5.92 Å². The number of nitrogens with zero attached hydrogens (tertiary/aromatic N) is 1. The zero-order valence-corrected chi connectivity index (χ0v) is 16.0. The molecule has 0 spiro atoms. The molecule has 0 aromatic heterocycles. The van der Waals surface area contributed by atoms with E-state index in [1.165, 1.54) is 6.07 Å². The topological polar surface area (TPSA) is 46.6 Å². The SMILES string of the molecule is O=C(Oc1ccc(Cl)c(Cl)c1)C1CCN(C(=O)c2ccc(Cl)cc2)CC1. The van der Waals surface area contributed by atoms with Gasteiger partial charge in [0.2, 0.25) is 0 Å². The minimum atomic E-state index is -0.318. The minimum absolute atomic E-state index is 0.0574. The third kappa shape index (κ3) is 4.50. The van der Waals surface area contributed by atoms with Crippen molar-refractivity contribution in [2.45, 2.75) is 12.8 Å². The van der Waals surface area contributed by atoms with Gasteiger partial charge in [0.1, 0.15) is 5.75 Å². The van der Waals surface area contributed by atoms with E-state index in [1.807, 2.05) is 0 Å². The van der Waals surface area contributed by atoms with E-state index in [0.717, 1.165) is 0 Å². The van der Waals surface area contributed by atoms with Gasteiger partial charge in [-0.2, -0.15) is 0 Å². The Morgan fingerprint density at radius 1 is 0.923 bits per heavy atom. The molecule has 0 radical (unpaired) electrons. The molecule has 1 aliphatic rings. The lowest BCUT2D eigenvalue weighted by Crippen LogP contribution is -2.41. The maximum atomic E-state index is 12.5. The van der Waals surface area contributed by atoms with Crippen molar-refractivity contribution in [1.82, 2.24) is 4.90 Å². The van der Waals surface area contributed by atoms with Crippen molar-refractivity contribution in [3.05, 3.63) is 63.1 Å². The Kier molecular flexibility index (Phi) is 6.07. The third-order valence-corrected chi connectivity index (χ3v) is 5.31. The van der Waals surface area contributed by atoms with Crippen molar-refractivity contribution < 1.29 is 14.3 Å². The Hall–Kier alpha value is -1.75. The zero-order valence-electron chi connectivity index (χ0n) is 13.8. The summed E-state index contributed by atoms with van der Waals surface area (Å²) in [6.45, 7) is 1.01. The molecule has 3 rings (SSSR count). The van der Waals surface area contributed by atoms with Gasteiger partial charge in [-0.25, -0.2) is 0 Å². The molecule has 7 heteroatoms. The fourth-order valence-corrected chi connectivity index (χ4v) is 3.25. The Balaban J connectivity index is 1.55. The summed E-state index contributed by atoms with van der Waals surface area (Å²) in [5, 5.41) is 1.33. The molecule has 26 heavy (non-hydrogen) atoms. The number of hydrogen-bond donors (Lipinski definition) is 0. The van der Waals surface area contributed by atoms with Crippen LogP contribution in [0.15, 0.2) is 42.5 Å². The monoisotopic (exact) mass is 411 g/mol. The van der Waals surface area contributed by atoms with Crippen LogP contribution in [-0.2, 0) is 4.79 Å². The van der Waals surface area contributed by atoms with Gasteiger partial charge in [0.25, 0.3) is 5.91 Å². The van der Waals surface area contributed by atoms with Crippen LogP contribution in [-0.4, -0.2) is 29.9 Å². The predicted octanol–water partition coefficient (Wildman–Crippen LogP) is 5.10. The van der Waals surface area contributed by atoms with E-state index in [-0.39, 0.29) is 17.8 Å². The standard InChI is InChI=1S/C19H16Cl3NO3/c20-14-3-1-12(2-4-14)18(24)23-9-7-13(8-10-23)19(25)26-15-5-6-16(21)17(22)11-15/h1-6,11,13H,7-10H2. The van der Waals surface area contributed by atoms with Gasteiger partial charge in [-0.05, 0) is 49.2 Å². The Morgan fingerprint density at radius 3 is 2.19 bits per heavy atom. The number of hydrogen-bond acceptors (Lipinski definition) is 3. The van der Waals surface area contributed by atoms with Crippen molar-refractivity contribution in [2.75, 3.05) is 13.1 Å². The highest BCUT2D eigenvalue weighted by atomic mass is 35.5. The number of benzene rings is 2. The molecule has 0 unspecified atom stereocenters. The Labute approximate surface area is 166 Å². The number of amides is 1. The summed E-state index contributed by atoms with van der Waals surface area (Å²) < 4.78 is 5.38. The fourth-order valence-electron chi connectivity index (χ4n) is 2.83. The van der Waals surface area contributed by atoms with Gasteiger partial charge in [0, 0.05) is 29.7 Å². The Bertz CT molecular complexity index is 815. The average Bonchev–Trinajstić information content (AvgIpc) is 2.65. The second kappa shape index (κ2) is 8.30. The van der Waals surface area contributed by atoms with Crippen LogP contribution >= 0.6 is 34.8 Å². The van der Waals surface area contributed by atoms with Gasteiger partial charge in [0.05, 0.1) is 16.0 Å². The highest BCUT2D eigenvalue weighted by Crippen LogP contribution is 2.28. The van der Waals surface area contributed by atoms with Crippen LogP contribution in [0.5, 0.6) is 5.75 Å². The lowest BCUT2D eigenvalue weighted by molar-refractivity contribution is -0.140. The molecule has 1 heterocycles. The third-order valence-electron chi connectivity index (χ3n) is 4.32. The second-order valence-corrected chi connectivity index (χ2v) is 7.32. The fraction of sp³-hybridized carbons (Fsp3) is 0.263. The van der Waals surface area contributed by atoms with E-state index in [0.29, 0.717) is 52.3 Å². The first-order chi connectivity index (χ1) is 12.4. The van der Waals surface area contributed by atoms with E-state index in [1.54, 1.807) is 41.3 Å². The summed E-state index contributed by atoms with van der Waals surface area (Å²) in [4.78, 5) is 26.6. The molecule has 1 amide bonds. The molecule has 4 nitrogen and oxygen atoms in total. The van der Waals surface area contributed by atoms with Crippen molar-refractivity contribution in [3.8, 4) is 5.75 Å². The van der Waals surface area contributed by atoms with Gasteiger partial charge in [0.15, 0.2) is 0 Å². The normalized spacial score (nSPS) is 15.0. The molecule has 136 valence electrons. The second-order valence-electron chi connectivity index (χ2n) is 6.07. The molecular formula is C19H16Cl3NO3. The number of ether oxygens (including phenoxy) is 1. The number of esters is 1. The van der Waals surface area contributed by atoms with E-state index < -0.39 is 0 Å². The maximum absolute atomic E-state index is 12.5. The van der Waals surface area contributed by atoms with Gasteiger partial charge >= 0.3 is 5.97 Å². The molecular weight excluding hydrogens is 397 g/mol. The summed E-state index contributed by atoms with van der Waals surface area (Å²) >= 11 is 17.6. The lowest BCUT2D eigenvalue weighted by atomic mass is 9.96. The predicted molar refractivity (Wildman–Crippen MR) is 102 cm³/mol. The highest BCUT2D eigenvalue weighted by molar-refractivity contribution is 6.42. The average molecular weight is 413 g/mol. The number of likely N-dealkylation sites (tertiary alicyclic amines) is 1. The molecule has 1 saturated heterocycles. The van der Waals surface area contributed by atoms with Crippen molar-refractivity contribution in [1.29, 1.82) is 0 Å². The number of halogens is 3. The zero-order chi connectivity index (χ0) is 18.7. The first kappa shape index (κ1) is 19.0. The number of carbonyl (C=O) groups excluding carboxylic acids is 2. The van der Waals surface area contributed by atoms with Crippen molar-refractivity contribution in [3.63, 3.8) is 0 Å². The molecule has 0 bridgehead atoms.